The highest BCUT2D eigenvalue weighted by Crippen LogP contribution is 2.35. The van der Waals surface area contributed by atoms with Crippen LogP contribution in [0.5, 0.6) is 0 Å². The molecule has 0 radical (unpaired) electrons. The number of ether oxygens (including phenoxy) is 2. The number of benzene rings is 1. The van der Waals surface area contributed by atoms with Gasteiger partial charge in [0.25, 0.3) is 0 Å². The van der Waals surface area contributed by atoms with Crippen molar-refractivity contribution in [1.82, 2.24) is 4.90 Å². The highest BCUT2D eigenvalue weighted by atomic mass is 35.5. The number of nitrogens with zero attached hydrogens (tertiary/aromatic N) is 1. The summed E-state index contributed by atoms with van der Waals surface area (Å²) in [4.78, 5) is 27.9. The smallest absolute Gasteiger partial charge is 0.314 e. The Labute approximate surface area is 164 Å². The summed E-state index contributed by atoms with van der Waals surface area (Å²) in [6.07, 6.45) is 1.10. The summed E-state index contributed by atoms with van der Waals surface area (Å²) in [5.74, 6) is -0.169. The van der Waals surface area contributed by atoms with Crippen molar-refractivity contribution in [3.63, 3.8) is 0 Å². The quantitative estimate of drug-likeness (QED) is 0.517. The molecule has 0 aromatic heterocycles. The molecule has 1 aromatic rings. The lowest BCUT2D eigenvalue weighted by Crippen LogP contribution is -2.50. The molecule has 0 unspecified atom stereocenters. The number of amides is 1. The third kappa shape index (κ3) is 4.93. The lowest BCUT2D eigenvalue weighted by atomic mass is 9.79. The van der Waals surface area contributed by atoms with E-state index in [0.29, 0.717) is 44.2 Å². The summed E-state index contributed by atoms with van der Waals surface area (Å²) < 4.78 is 10.5. The Hall–Kier alpha value is -1.24. The number of carbonyl (C=O) groups is 2. The second kappa shape index (κ2) is 9.62. The molecule has 144 valence electrons. The molecule has 1 aliphatic heterocycles. The first-order valence-corrected chi connectivity index (χ1v) is 10.1. The van der Waals surface area contributed by atoms with Crippen LogP contribution in [0.15, 0.2) is 29.2 Å². The number of rotatable bonds is 7. The Morgan fingerprint density at radius 1 is 1.31 bits per heavy atom. The van der Waals surface area contributed by atoms with E-state index in [0.717, 1.165) is 4.90 Å². The molecule has 1 atom stereocenters. The van der Waals surface area contributed by atoms with Gasteiger partial charge in [0.15, 0.2) is 0 Å². The number of likely N-dealkylation sites (tertiary alicyclic amines) is 1. The predicted molar refractivity (Wildman–Crippen MR) is 104 cm³/mol. The Kier molecular flexibility index (Phi) is 7.80. The maximum atomic E-state index is 12.8. The Morgan fingerprint density at radius 2 is 1.96 bits per heavy atom. The van der Waals surface area contributed by atoms with Gasteiger partial charge in [-0.05, 0) is 38.8 Å². The summed E-state index contributed by atoms with van der Waals surface area (Å²) >= 11 is 7.64. The van der Waals surface area contributed by atoms with Crippen molar-refractivity contribution in [3.05, 3.63) is 29.3 Å². The molecule has 0 saturated carbocycles. The van der Waals surface area contributed by atoms with Gasteiger partial charge < -0.3 is 14.4 Å². The van der Waals surface area contributed by atoms with E-state index < -0.39 is 5.41 Å². The highest BCUT2D eigenvalue weighted by molar-refractivity contribution is 8.00. The number of esters is 1. The summed E-state index contributed by atoms with van der Waals surface area (Å²) in [7, 11) is 1.58. The average Bonchev–Trinajstić information content (AvgIpc) is 2.64. The molecular formula is C19H26ClNO4S. The lowest BCUT2D eigenvalue weighted by Gasteiger charge is -2.40. The second-order valence-corrected chi connectivity index (χ2v) is 8.24. The monoisotopic (exact) mass is 399 g/mol. The van der Waals surface area contributed by atoms with Crippen LogP contribution in [-0.2, 0) is 19.1 Å². The number of hydrogen-bond acceptors (Lipinski definition) is 5. The second-order valence-electron chi connectivity index (χ2n) is 6.45. The number of thioether (sulfide) groups is 1. The maximum absolute atomic E-state index is 12.8. The van der Waals surface area contributed by atoms with Crippen molar-refractivity contribution in [2.75, 3.05) is 33.4 Å². The first kappa shape index (κ1) is 21.1. The zero-order chi connectivity index (χ0) is 19.2. The van der Waals surface area contributed by atoms with Gasteiger partial charge in [0.1, 0.15) is 0 Å². The fraction of sp³-hybridized carbons (Fsp3) is 0.579. The molecule has 1 saturated heterocycles. The van der Waals surface area contributed by atoms with Crippen LogP contribution in [0.1, 0.15) is 26.7 Å². The van der Waals surface area contributed by atoms with Crippen molar-refractivity contribution in [2.45, 2.75) is 36.8 Å². The summed E-state index contributed by atoms with van der Waals surface area (Å²) in [5.41, 5.74) is -0.652. The van der Waals surface area contributed by atoms with E-state index in [1.165, 1.54) is 11.8 Å². The molecule has 0 aliphatic carbocycles. The maximum Gasteiger partial charge on any atom is 0.314 e. The Bertz CT molecular complexity index is 632. The van der Waals surface area contributed by atoms with Gasteiger partial charge in [-0.15, -0.1) is 11.8 Å². The first-order chi connectivity index (χ1) is 12.4. The number of hydrogen-bond donors (Lipinski definition) is 0. The van der Waals surface area contributed by atoms with E-state index in [2.05, 4.69) is 0 Å². The van der Waals surface area contributed by atoms with E-state index >= 15 is 0 Å². The fourth-order valence-electron chi connectivity index (χ4n) is 3.16. The number of carbonyl (C=O) groups excluding carboxylic acids is 2. The van der Waals surface area contributed by atoms with Crippen molar-refractivity contribution in [3.8, 4) is 0 Å². The van der Waals surface area contributed by atoms with E-state index in [1.54, 1.807) is 14.0 Å². The van der Waals surface area contributed by atoms with Gasteiger partial charge in [-0.3, -0.25) is 9.59 Å². The zero-order valence-electron chi connectivity index (χ0n) is 15.5. The van der Waals surface area contributed by atoms with Crippen LogP contribution < -0.4 is 0 Å². The van der Waals surface area contributed by atoms with Gasteiger partial charge in [0.05, 0.1) is 28.9 Å². The Balaban J connectivity index is 1.98. The minimum atomic E-state index is -0.652. The number of halogens is 1. The Morgan fingerprint density at radius 3 is 2.54 bits per heavy atom. The largest absolute Gasteiger partial charge is 0.465 e. The molecule has 2 rings (SSSR count). The molecule has 26 heavy (non-hydrogen) atoms. The van der Waals surface area contributed by atoms with Gasteiger partial charge in [0, 0.05) is 25.1 Å². The van der Waals surface area contributed by atoms with Crippen molar-refractivity contribution in [1.29, 1.82) is 0 Å². The van der Waals surface area contributed by atoms with Crippen LogP contribution in [0.3, 0.4) is 0 Å². The standard InChI is InChI=1S/C19H26ClNO4S/c1-4-25-18(23)19(13-24-3)9-11-21(12-10-19)17(22)14(2)26-16-8-6-5-7-15(16)20/h5-8,14H,4,9-13H2,1-3H3/t14-/m1/s1. The normalized spacial score (nSPS) is 17.6. The lowest BCUT2D eigenvalue weighted by molar-refractivity contribution is -0.164. The molecule has 7 heteroatoms. The van der Waals surface area contributed by atoms with E-state index in [4.69, 9.17) is 21.1 Å². The molecule has 1 aromatic carbocycles. The zero-order valence-corrected chi connectivity index (χ0v) is 17.1. The van der Waals surface area contributed by atoms with Crippen molar-refractivity contribution >= 4 is 35.2 Å². The van der Waals surface area contributed by atoms with Gasteiger partial charge in [0.2, 0.25) is 5.91 Å². The molecule has 0 bridgehead atoms. The molecule has 1 amide bonds. The highest BCUT2D eigenvalue weighted by Gasteiger charge is 2.44. The average molecular weight is 400 g/mol. The third-order valence-corrected chi connectivity index (χ3v) is 6.26. The van der Waals surface area contributed by atoms with Crippen molar-refractivity contribution in [2.24, 2.45) is 5.41 Å². The van der Waals surface area contributed by atoms with Crippen LogP contribution in [0.4, 0.5) is 0 Å². The van der Waals surface area contributed by atoms with E-state index in [9.17, 15) is 9.59 Å². The van der Waals surface area contributed by atoms with E-state index in [1.807, 2.05) is 36.1 Å². The first-order valence-electron chi connectivity index (χ1n) is 8.79. The summed E-state index contributed by atoms with van der Waals surface area (Å²) in [5, 5.41) is 0.407. The topological polar surface area (TPSA) is 55.8 Å². The number of methoxy groups -OCH3 is 1. The van der Waals surface area contributed by atoms with Crippen LogP contribution in [-0.4, -0.2) is 55.4 Å². The molecule has 1 fully saturated rings. The molecule has 1 aliphatic rings. The molecular weight excluding hydrogens is 374 g/mol. The minimum Gasteiger partial charge on any atom is -0.465 e. The number of piperidine rings is 1. The van der Waals surface area contributed by atoms with Crippen LogP contribution in [0.2, 0.25) is 5.02 Å². The van der Waals surface area contributed by atoms with Gasteiger partial charge in [-0.25, -0.2) is 0 Å². The molecule has 0 spiro atoms. The van der Waals surface area contributed by atoms with Crippen LogP contribution >= 0.6 is 23.4 Å². The third-order valence-electron chi connectivity index (χ3n) is 4.65. The van der Waals surface area contributed by atoms with Gasteiger partial charge in [-0.2, -0.15) is 0 Å². The van der Waals surface area contributed by atoms with Crippen molar-refractivity contribution < 1.29 is 19.1 Å². The predicted octanol–water partition coefficient (Wildman–Crippen LogP) is 3.64. The van der Waals surface area contributed by atoms with E-state index in [-0.39, 0.29) is 17.1 Å². The molecule has 1 heterocycles. The van der Waals surface area contributed by atoms with Gasteiger partial charge in [-0.1, -0.05) is 23.7 Å². The van der Waals surface area contributed by atoms with Gasteiger partial charge >= 0.3 is 5.97 Å². The SMILES string of the molecule is CCOC(=O)C1(COC)CCN(C(=O)[C@@H](C)Sc2ccccc2Cl)CC1. The fourth-order valence-corrected chi connectivity index (χ4v) is 4.40. The van der Waals surface area contributed by atoms with Crippen LogP contribution in [0, 0.1) is 5.41 Å². The molecule has 0 N–H and O–H groups in total. The minimum absolute atomic E-state index is 0.0600. The summed E-state index contributed by atoms with van der Waals surface area (Å²) in [6, 6.07) is 7.51. The molecule has 5 nitrogen and oxygen atoms in total. The summed E-state index contributed by atoms with van der Waals surface area (Å²) in [6.45, 7) is 5.39. The van der Waals surface area contributed by atoms with Crippen LogP contribution in [0.25, 0.3) is 0 Å².